The van der Waals surface area contributed by atoms with Crippen LogP contribution in [0.15, 0.2) is 101 Å². The number of thioether (sulfide) groups is 2. The second-order valence-electron chi connectivity index (χ2n) is 8.30. The van der Waals surface area contributed by atoms with Crippen molar-refractivity contribution in [1.29, 1.82) is 0 Å². The van der Waals surface area contributed by atoms with Gasteiger partial charge in [-0.2, -0.15) is 0 Å². The van der Waals surface area contributed by atoms with Gasteiger partial charge in [0.25, 0.3) is 5.56 Å². The number of fused-ring (bicyclic) bond motifs is 3. The van der Waals surface area contributed by atoms with Gasteiger partial charge >= 0.3 is 0 Å². The molecular formula is C28H22N2OS3. The van der Waals surface area contributed by atoms with E-state index in [0.29, 0.717) is 10.4 Å². The van der Waals surface area contributed by atoms with E-state index in [1.807, 2.05) is 30.0 Å². The summed E-state index contributed by atoms with van der Waals surface area (Å²) >= 11 is 5.24. The van der Waals surface area contributed by atoms with Crippen molar-refractivity contribution in [2.24, 2.45) is 0 Å². The predicted molar refractivity (Wildman–Crippen MR) is 145 cm³/mol. The van der Waals surface area contributed by atoms with Gasteiger partial charge in [0.05, 0.1) is 10.6 Å². The summed E-state index contributed by atoms with van der Waals surface area (Å²) in [6.07, 6.45) is 0.842. The molecule has 1 aliphatic rings. The Balaban J connectivity index is 1.42. The van der Waals surface area contributed by atoms with Crippen LogP contribution in [0, 0.1) is 0 Å². The minimum absolute atomic E-state index is 0.0245. The van der Waals surface area contributed by atoms with Crippen molar-refractivity contribution in [2.45, 2.75) is 27.8 Å². The molecule has 0 aliphatic carbocycles. The largest absolute Gasteiger partial charge is 0.301 e. The van der Waals surface area contributed by atoms with Crippen molar-refractivity contribution in [3.63, 3.8) is 0 Å². The zero-order chi connectivity index (χ0) is 22.9. The average Bonchev–Trinajstić information content (AvgIpc) is 3.27. The van der Waals surface area contributed by atoms with Gasteiger partial charge in [-0.05, 0) is 28.7 Å². The molecule has 2 atom stereocenters. The summed E-state index contributed by atoms with van der Waals surface area (Å²) in [5.74, 6) is 0.777. The maximum Gasteiger partial charge on any atom is 0.260 e. The van der Waals surface area contributed by atoms with Crippen LogP contribution in [0.5, 0.6) is 0 Å². The summed E-state index contributed by atoms with van der Waals surface area (Å²) in [7, 11) is 0. The van der Waals surface area contributed by atoms with Gasteiger partial charge in [-0.15, -0.1) is 23.1 Å². The summed E-state index contributed by atoms with van der Waals surface area (Å²) < 4.78 is 0. The Kier molecular flexibility index (Phi) is 6.04. The third kappa shape index (κ3) is 4.22. The van der Waals surface area contributed by atoms with Gasteiger partial charge in [0.1, 0.15) is 4.83 Å². The second-order valence-corrected chi connectivity index (χ2v) is 11.6. The van der Waals surface area contributed by atoms with Crippen LogP contribution in [0.1, 0.15) is 37.6 Å². The summed E-state index contributed by atoms with van der Waals surface area (Å²) in [5, 5.41) is 1.94. The van der Waals surface area contributed by atoms with Crippen molar-refractivity contribution >= 4 is 45.1 Å². The van der Waals surface area contributed by atoms with E-state index in [1.54, 1.807) is 23.1 Å². The van der Waals surface area contributed by atoms with Gasteiger partial charge in [-0.1, -0.05) is 103 Å². The molecule has 168 valence electrons. The number of hydrogen-bond donors (Lipinski definition) is 1. The molecule has 3 heterocycles. The molecule has 0 amide bonds. The Morgan fingerprint density at radius 3 is 2.24 bits per heavy atom. The molecule has 6 heteroatoms. The fourth-order valence-corrected chi connectivity index (χ4v) is 8.34. The average molecular weight is 499 g/mol. The van der Waals surface area contributed by atoms with Crippen LogP contribution >= 0.6 is 34.9 Å². The SMILES string of the molecule is O=c1[nH]c(SCc2ccccc2)nc2sc3c(c12)C[C@H](c1ccccc1)S[C@@H]3c1ccccc1. The molecule has 0 unspecified atom stereocenters. The highest BCUT2D eigenvalue weighted by Gasteiger charge is 2.34. The molecule has 1 N–H and O–H groups in total. The van der Waals surface area contributed by atoms with Crippen LogP contribution in [0.2, 0.25) is 0 Å². The summed E-state index contributed by atoms with van der Waals surface area (Å²) in [6.45, 7) is 0. The van der Waals surface area contributed by atoms with E-state index in [2.05, 4.69) is 77.8 Å². The maximum absolute atomic E-state index is 13.3. The molecule has 2 aromatic heterocycles. The molecule has 0 saturated carbocycles. The minimum atomic E-state index is -0.0245. The zero-order valence-electron chi connectivity index (χ0n) is 18.3. The van der Waals surface area contributed by atoms with Crippen molar-refractivity contribution in [3.8, 4) is 0 Å². The first-order valence-electron chi connectivity index (χ1n) is 11.2. The van der Waals surface area contributed by atoms with E-state index in [-0.39, 0.29) is 10.8 Å². The number of H-pyrrole nitrogens is 1. The normalized spacial score (nSPS) is 17.5. The van der Waals surface area contributed by atoms with Crippen LogP contribution < -0.4 is 5.56 Å². The first-order valence-corrected chi connectivity index (χ1v) is 14.0. The Bertz CT molecular complexity index is 1480. The number of benzene rings is 3. The Hall–Kier alpha value is -2.80. The second kappa shape index (κ2) is 9.45. The third-order valence-electron chi connectivity index (χ3n) is 6.09. The monoisotopic (exact) mass is 498 g/mol. The first-order chi connectivity index (χ1) is 16.8. The maximum atomic E-state index is 13.3. The van der Waals surface area contributed by atoms with Crippen LogP contribution in [0.25, 0.3) is 10.2 Å². The summed E-state index contributed by atoms with van der Waals surface area (Å²) in [5.41, 5.74) is 4.93. The van der Waals surface area contributed by atoms with Crippen molar-refractivity contribution in [3.05, 3.63) is 128 Å². The quantitative estimate of drug-likeness (QED) is 0.203. The van der Waals surface area contributed by atoms with Gasteiger partial charge in [-0.3, -0.25) is 4.79 Å². The number of aromatic nitrogens is 2. The molecule has 34 heavy (non-hydrogen) atoms. The molecule has 5 aromatic rings. The van der Waals surface area contributed by atoms with Gasteiger partial charge in [0, 0.05) is 15.9 Å². The number of nitrogens with one attached hydrogen (secondary N) is 1. The lowest BCUT2D eigenvalue weighted by Gasteiger charge is -2.29. The molecule has 3 nitrogen and oxygen atoms in total. The number of rotatable bonds is 5. The van der Waals surface area contributed by atoms with Gasteiger partial charge in [0.15, 0.2) is 5.16 Å². The van der Waals surface area contributed by atoms with Crippen molar-refractivity contribution in [2.75, 3.05) is 0 Å². The number of aromatic amines is 1. The number of nitrogens with zero attached hydrogens (tertiary/aromatic N) is 1. The number of hydrogen-bond acceptors (Lipinski definition) is 5. The highest BCUT2D eigenvalue weighted by Crippen LogP contribution is 2.54. The molecule has 0 radical (unpaired) electrons. The Morgan fingerprint density at radius 2 is 1.53 bits per heavy atom. The lowest BCUT2D eigenvalue weighted by atomic mass is 9.98. The molecule has 0 spiro atoms. The van der Waals surface area contributed by atoms with Crippen LogP contribution in [-0.4, -0.2) is 9.97 Å². The van der Waals surface area contributed by atoms with Crippen LogP contribution in [0.4, 0.5) is 0 Å². The smallest absolute Gasteiger partial charge is 0.260 e. The molecule has 3 aromatic carbocycles. The van der Waals surface area contributed by atoms with Gasteiger partial charge < -0.3 is 4.98 Å². The van der Waals surface area contributed by atoms with Crippen molar-refractivity contribution in [1.82, 2.24) is 9.97 Å². The molecule has 1 aliphatic heterocycles. The van der Waals surface area contributed by atoms with Crippen molar-refractivity contribution < 1.29 is 0 Å². The molecule has 0 bridgehead atoms. The fraction of sp³-hybridized carbons (Fsp3) is 0.143. The van der Waals surface area contributed by atoms with E-state index in [0.717, 1.165) is 28.0 Å². The standard InChI is InChI=1S/C28H22N2OS3/c31-26-23-21-16-22(19-12-6-2-7-13-19)33-24(20-14-8-3-9-15-20)25(21)34-27(23)30-28(29-26)32-17-18-10-4-1-5-11-18/h1-15,22,24H,16-17H2,(H,29,30,31)/t22-,24-/m1/s1. The molecule has 6 rings (SSSR count). The predicted octanol–water partition coefficient (Wildman–Crippen LogP) is 7.40. The minimum Gasteiger partial charge on any atom is -0.301 e. The van der Waals surface area contributed by atoms with Gasteiger partial charge in [-0.25, -0.2) is 4.98 Å². The Morgan fingerprint density at radius 1 is 0.882 bits per heavy atom. The Labute approximate surface area is 210 Å². The van der Waals surface area contributed by atoms with Crippen LogP contribution in [0.3, 0.4) is 0 Å². The topological polar surface area (TPSA) is 45.8 Å². The lowest BCUT2D eigenvalue weighted by molar-refractivity contribution is 0.890. The molecular weight excluding hydrogens is 477 g/mol. The highest BCUT2D eigenvalue weighted by molar-refractivity contribution is 8.00. The van der Waals surface area contributed by atoms with Crippen LogP contribution in [-0.2, 0) is 12.2 Å². The van der Waals surface area contributed by atoms with E-state index < -0.39 is 0 Å². The van der Waals surface area contributed by atoms with E-state index in [9.17, 15) is 4.79 Å². The highest BCUT2D eigenvalue weighted by atomic mass is 32.2. The third-order valence-corrected chi connectivity index (χ3v) is 9.92. The summed E-state index contributed by atoms with van der Waals surface area (Å²) in [4.78, 5) is 23.4. The van der Waals surface area contributed by atoms with E-state index >= 15 is 0 Å². The van der Waals surface area contributed by atoms with E-state index in [1.165, 1.54) is 21.6 Å². The van der Waals surface area contributed by atoms with E-state index in [4.69, 9.17) is 4.98 Å². The number of thiophene rings is 1. The molecule has 0 fully saturated rings. The van der Waals surface area contributed by atoms with Gasteiger partial charge in [0.2, 0.25) is 0 Å². The first kappa shape index (κ1) is 21.7. The zero-order valence-corrected chi connectivity index (χ0v) is 20.8. The lowest BCUT2D eigenvalue weighted by Crippen LogP contribution is -2.15. The molecule has 0 saturated heterocycles. The fourth-order valence-electron chi connectivity index (χ4n) is 4.45. The summed E-state index contributed by atoms with van der Waals surface area (Å²) in [6, 6.07) is 31.5.